The van der Waals surface area contributed by atoms with Gasteiger partial charge in [-0.3, -0.25) is 14.3 Å². The van der Waals surface area contributed by atoms with Crippen molar-refractivity contribution in [3.63, 3.8) is 0 Å². The molecular weight excluding hydrogens is 228 g/mol. The zero-order chi connectivity index (χ0) is 13.2. The van der Waals surface area contributed by atoms with Gasteiger partial charge in [0, 0.05) is 25.5 Å². The molecule has 2 aromatic rings. The van der Waals surface area contributed by atoms with Crippen molar-refractivity contribution in [1.82, 2.24) is 19.3 Å². The Morgan fingerprint density at radius 1 is 1.39 bits per heavy atom. The first kappa shape index (κ1) is 13.0. The summed E-state index contributed by atoms with van der Waals surface area (Å²) < 4.78 is 2.03. The molecule has 1 N–H and O–H groups in total. The van der Waals surface area contributed by atoms with Crippen LogP contribution in [0.25, 0.3) is 5.65 Å². The van der Waals surface area contributed by atoms with E-state index in [1.807, 2.05) is 30.6 Å². The lowest BCUT2D eigenvalue weighted by molar-refractivity contribution is 0.0349. The van der Waals surface area contributed by atoms with Gasteiger partial charge >= 0.3 is 0 Å². The van der Waals surface area contributed by atoms with Gasteiger partial charge in [-0.15, -0.1) is 0 Å². The molecule has 0 bridgehead atoms. The van der Waals surface area contributed by atoms with E-state index in [2.05, 4.69) is 21.8 Å². The third kappa shape index (κ3) is 3.05. The van der Waals surface area contributed by atoms with Crippen LogP contribution in [0.5, 0.6) is 0 Å². The second kappa shape index (κ2) is 5.04. The van der Waals surface area contributed by atoms with E-state index in [1.54, 1.807) is 12.4 Å². The number of aliphatic hydroxyl groups is 1. The number of hydrogen-bond donors (Lipinski definition) is 1. The first-order chi connectivity index (χ1) is 8.49. The number of rotatable bonds is 5. The van der Waals surface area contributed by atoms with Crippen LogP contribution in [0, 0.1) is 0 Å². The molecule has 0 amide bonds. The predicted octanol–water partition coefficient (Wildman–Crippen LogP) is 1.32. The van der Waals surface area contributed by atoms with E-state index < -0.39 is 5.60 Å². The molecule has 0 saturated heterocycles. The highest BCUT2D eigenvalue weighted by molar-refractivity contribution is 5.36. The Labute approximate surface area is 107 Å². The predicted molar refractivity (Wildman–Crippen MR) is 70.2 cm³/mol. The Kier molecular flexibility index (Phi) is 3.63. The van der Waals surface area contributed by atoms with Crippen LogP contribution in [-0.4, -0.2) is 43.1 Å². The zero-order valence-corrected chi connectivity index (χ0v) is 11.2. The highest BCUT2D eigenvalue weighted by Gasteiger charge is 2.18. The fraction of sp³-hybridized carbons (Fsp3) is 0.538. The van der Waals surface area contributed by atoms with Gasteiger partial charge in [-0.1, -0.05) is 6.92 Å². The van der Waals surface area contributed by atoms with E-state index in [0.717, 1.165) is 24.4 Å². The second-order valence-corrected chi connectivity index (χ2v) is 5.17. The van der Waals surface area contributed by atoms with Crippen molar-refractivity contribution in [3.05, 3.63) is 30.5 Å². The molecule has 0 aliphatic carbocycles. The van der Waals surface area contributed by atoms with Crippen molar-refractivity contribution in [2.75, 3.05) is 13.1 Å². The topological polar surface area (TPSA) is 53.7 Å². The molecule has 2 heterocycles. The van der Waals surface area contributed by atoms with Crippen LogP contribution in [0.3, 0.4) is 0 Å². The Hall–Kier alpha value is -1.46. The van der Waals surface area contributed by atoms with Crippen molar-refractivity contribution in [2.45, 2.75) is 32.9 Å². The number of aromatic nitrogens is 3. The number of likely N-dealkylation sites (N-methyl/N-ethyl adjacent to an activating group) is 1. The van der Waals surface area contributed by atoms with Gasteiger partial charge < -0.3 is 5.11 Å². The van der Waals surface area contributed by atoms with E-state index >= 15 is 0 Å². The maximum absolute atomic E-state index is 9.89. The Balaban J connectivity index is 2.17. The summed E-state index contributed by atoms with van der Waals surface area (Å²) in [6.07, 6.45) is 7.28. The molecule has 0 radical (unpaired) electrons. The molecule has 0 aliphatic rings. The summed E-state index contributed by atoms with van der Waals surface area (Å²) in [7, 11) is 0. The van der Waals surface area contributed by atoms with Gasteiger partial charge in [0.05, 0.1) is 23.7 Å². The van der Waals surface area contributed by atoms with Crippen molar-refractivity contribution in [1.29, 1.82) is 0 Å². The highest BCUT2D eigenvalue weighted by atomic mass is 16.3. The monoisotopic (exact) mass is 248 g/mol. The normalized spacial score (nSPS) is 12.5. The van der Waals surface area contributed by atoms with Crippen LogP contribution in [0.4, 0.5) is 0 Å². The summed E-state index contributed by atoms with van der Waals surface area (Å²) in [5.41, 5.74) is 1.28. The van der Waals surface area contributed by atoms with Gasteiger partial charge in [-0.05, 0) is 20.4 Å². The number of imidazole rings is 1. The van der Waals surface area contributed by atoms with E-state index in [0.29, 0.717) is 6.54 Å². The average molecular weight is 248 g/mol. The molecule has 18 heavy (non-hydrogen) atoms. The molecular formula is C13H20N4O. The summed E-state index contributed by atoms with van der Waals surface area (Å²) in [6, 6.07) is 0. The quantitative estimate of drug-likeness (QED) is 0.867. The fourth-order valence-electron chi connectivity index (χ4n) is 2.07. The lowest BCUT2D eigenvalue weighted by Crippen LogP contribution is -2.38. The molecule has 2 aromatic heterocycles. The maximum Gasteiger partial charge on any atom is 0.155 e. The third-order valence-corrected chi connectivity index (χ3v) is 2.84. The van der Waals surface area contributed by atoms with Gasteiger partial charge in [0.15, 0.2) is 5.65 Å². The smallest absolute Gasteiger partial charge is 0.155 e. The second-order valence-electron chi connectivity index (χ2n) is 5.17. The maximum atomic E-state index is 9.89. The fourth-order valence-corrected chi connectivity index (χ4v) is 2.07. The third-order valence-electron chi connectivity index (χ3n) is 2.84. The van der Waals surface area contributed by atoms with Gasteiger partial charge in [-0.2, -0.15) is 0 Å². The summed E-state index contributed by atoms with van der Waals surface area (Å²) >= 11 is 0. The molecule has 0 aromatic carbocycles. The van der Waals surface area contributed by atoms with E-state index in [1.165, 1.54) is 0 Å². The van der Waals surface area contributed by atoms with Crippen LogP contribution in [-0.2, 0) is 6.54 Å². The first-order valence-electron chi connectivity index (χ1n) is 6.20. The van der Waals surface area contributed by atoms with E-state index in [9.17, 15) is 5.11 Å². The Morgan fingerprint density at radius 3 is 2.83 bits per heavy atom. The number of nitrogens with zero attached hydrogens (tertiary/aromatic N) is 4. The highest BCUT2D eigenvalue weighted by Crippen LogP contribution is 2.11. The lowest BCUT2D eigenvalue weighted by Gasteiger charge is -2.27. The van der Waals surface area contributed by atoms with Crippen LogP contribution < -0.4 is 0 Å². The summed E-state index contributed by atoms with van der Waals surface area (Å²) in [4.78, 5) is 10.6. The van der Waals surface area contributed by atoms with Crippen molar-refractivity contribution in [3.8, 4) is 0 Å². The zero-order valence-electron chi connectivity index (χ0n) is 11.2. The summed E-state index contributed by atoms with van der Waals surface area (Å²) in [6.45, 7) is 8.05. The van der Waals surface area contributed by atoms with Crippen LogP contribution in [0.2, 0.25) is 0 Å². The molecule has 5 heteroatoms. The first-order valence-corrected chi connectivity index (χ1v) is 6.20. The molecule has 5 nitrogen and oxygen atoms in total. The molecule has 0 unspecified atom stereocenters. The minimum absolute atomic E-state index is 0.641. The largest absolute Gasteiger partial charge is 0.389 e. The van der Waals surface area contributed by atoms with Gasteiger partial charge in [-0.25, -0.2) is 4.98 Å². The SMILES string of the molecule is CCN(Cc1cnc2cnccn12)CC(C)(C)O. The Morgan fingerprint density at radius 2 is 2.17 bits per heavy atom. The van der Waals surface area contributed by atoms with Crippen molar-refractivity contribution in [2.24, 2.45) is 0 Å². The standard InChI is InChI=1S/C13H20N4O/c1-4-16(10-13(2,3)18)9-11-7-15-12-8-14-5-6-17(11)12/h5-8,18H,4,9-10H2,1-3H3. The molecule has 0 saturated carbocycles. The van der Waals surface area contributed by atoms with E-state index in [-0.39, 0.29) is 0 Å². The molecule has 0 fully saturated rings. The average Bonchev–Trinajstić information content (AvgIpc) is 2.70. The summed E-state index contributed by atoms with van der Waals surface area (Å²) in [5.74, 6) is 0. The van der Waals surface area contributed by atoms with Crippen molar-refractivity contribution >= 4 is 5.65 Å². The lowest BCUT2D eigenvalue weighted by atomic mass is 10.1. The van der Waals surface area contributed by atoms with Gasteiger partial charge in [0.25, 0.3) is 0 Å². The van der Waals surface area contributed by atoms with Crippen molar-refractivity contribution < 1.29 is 5.11 Å². The van der Waals surface area contributed by atoms with Crippen LogP contribution in [0.1, 0.15) is 26.5 Å². The summed E-state index contributed by atoms with van der Waals surface area (Å²) in [5, 5.41) is 9.89. The molecule has 0 spiro atoms. The minimum Gasteiger partial charge on any atom is -0.389 e. The Bertz CT molecular complexity index is 515. The molecule has 0 atom stereocenters. The number of hydrogen-bond acceptors (Lipinski definition) is 4. The van der Waals surface area contributed by atoms with E-state index in [4.69, 9.17) is 0 Å². The van der Waals surface area contributed by atoms with Crippen LogP contribution in [0.15, 0.2) is 24.8 Å². The molecule has 98 valence electrons. The number of fused-ring (bicyclic) bond motifs is 1. The van der Waals surface area contributed by atoms with Gasteiger partial charge in [0.1, 0.15) is 0 Å². The van der Waals surface area contributed by atoms with Crippen LogP contribution >= 0.6 is 0 Å². The molecule has 2 rings (SSSR count). The minimum atomic E-state index is -0.682. The molecule has 0 aliphatic heterocycles. The van der Waals surface area contributed by atoms with Gasteiger partial charge in [0.2, 0.25) is 0 Å².